The zero-order valence-corrected chi connectivity index (χ0v) is 15.0. The fraction of sp³-hybridized carbons (Fsp3) is 0.217. The Balaban J connectivity index is 1.37. The van der Waals surface area contributed by atoms with Gasteiger partial charge in [-0.1, -0.05) is 54.6 Å². The van der Waals surface area contributed by atoms with E-state index in [1.807, 2.05) is 42.5 Å². The van der Waals surface area contributed by atoms with Crippen molar-refractivity contribution in [2.75, 3.05) is 6.61 Å². The third kappa shape index (κ3) is 3.85. The number of ether oxygens (including phenoxy) is 1. The zero-order chi connectivity index (χ0) is 18.6. The second-order valence-corrected chi connectivity index (χ2v) is 6.85. The number of carbonyl (C=O) groups is 2. The van der Waals surface area contributed by atoms with E-state index < -0.39 is 5.97 Å². The fourth-order valence-electron chi connectivity index (χ4n) is 3.67. The van der Waals surface area contributed by atoms with Gasteiger partial charge in [-0.3, -0.25) is 4.79 Å². The monoisotopic (exact) mass is 359 g/mol. The maximum Gasteiger partial charge on any atom is 0.338 e. The van der Waals surface area contributed by atoms with E-state index in [-0.39, 0.29) is 18.6 Å². The van der Waals surface area contributed by atoms with Gasteiger partial charge in [0, 0.05) is 0 Å². The lowest BCUT2D eigenvalue weighted by molar-refractivity contribution is -0.125. The van der Waals surface area contributed by atoms with Gasteiger partial charge in [0.2, 0.25) is 0 Å². The van der Waals surface area contributed by atoms with Gasteiger partial charge in [0.15, 0.2) is 6.61 Å². The molecule has 0 unspecified atom stereocenters. The summed E-state index contributed by atoms with van der Waals surface area (Å²) in [5.41, 5.74) is 2.89. The predicted octanol–water partition coefficient (Wildman–Crippen LogP) is 4.19. The molecule has 27 heavy (non-hydrogen) atoms. The lowest BCUT2D eigenvalue weighted by Crippen LogP contribution is -2.34. The highest BCUT2D eigenvalue weighted by Crippen LogP contribution is 2.29. The Morgan fingerprint density at radius 1 is 0.963 bits per heavy atom. The summed E-state index contributed by atoms with van der Waals surface area (Å²) in [6.07, 6.45) is 2.99. The van der Waals surface area contributed by atoms with Crippen molar-refractivity contribution in [1.82, 2.24) is 5.32 Å². The molecule has 4 rings (SSSR count). The van der Waals surface area contributed by atoms with E-state index in [2.05, 4.69) is 17.4 Å². The smallest absolute Gasteiger partial charge is 0.338 e. The van der Waals surface area contributed by atoms with Crippen molar-refractivity contribution in [3.05, 3.63) is 83.4 Å². The van der Waals surface area contributed by atoms with Crippen molar-refractivity contribution in [2.45, 2.75) is 25.3 Å². The molecule has 3 aromatic carbocycles. The van der Waals surface area contributed by atoms with E-state index in [4.69, 9.17) is 4.74 Å². The first-order valence-electron chi connectivity index (χ1n) is 9.24. The Morgan fingerprint density at radius 2 is 1.74 bits per heavy atom. The number of nitrogens with one attached hydrogen (secondary N) is 1. The molecule has 4 heteroatoms. The molecule has 0 radical (unpaired) electrons. The Bertz CT molecular complexity index is 996. The topological polar surface area (TPSA) is 55.4 Å². The average Bonchev–Trinajstić information content (AvgIpc) is 2.72. The predicted molar refractivity (Wildman–Crippen MR) is 104 cm³/mol. The second-order valence-electron chi connectivity index (χ2n) is 6.85. The quantitative estimate of drug-likeness (QED) is 0.711. The van der Waals surface area contributed by atoms with Crippen molar-refractivity contribution in [3.63, 3.8) is 0 Å². The summed E-state index contributed by atoms with van der Waals surface area (Å²) >= 11 is 0. The standard InChI is InChI=1S/C23H21NO3/c25-22(24-21-11-5-9-17-7-3-4-10-20(17)21)15-27-23(26)19-13-12-16-6-1-2-8-18(16)14-19/h1-4,6-8,10,12-14,21H,5,9,11,15H2,(H,24,25)/t21-/m0/s1. The highest BCUT2D eigenvalue weighted by atomic mass is 16.5. The van der Waals surface area contributed by atoms with Crippen LogP contribution >= 0.6 is 0 Å². The van der Waals surface area contributed by atoms with E-state index in [1.165, 1.54) is 5.56 Å². The molecule has 1 amide bonds. The molecule has 1 aliphatic rings. The SMILES string of the molecule is O=C(COC(=O)c1ccc2ccccc2c1)N[C@H]1CCCc2ccccc21. The molecule has 0 aromatic heterocycles. The minimum Gasteiger partial charge on any atom is -0.452 e. The molecule has 0 saturated carbocycles. The van der Waals surface area contributed by atoms with Crippen LogP contribution in [0.4, 0.5) is 0 Å². The minimum atomic E-state index is -0.486. The van der Waals surface area contributed by atoms with Crippen LogP contribution < -0.4 is 5.32 Å². The molecule has 0 aliphatic heterocycles. The summed E-state index contributed by atoms with van der Waals surface area (Å²) in [5, 5.41) is 5.02. The molecule has 136 valence electrons. The van der Waals surface area contributed by atoms with E-state index >= 15 is 0 Å². The average molecular weight is 359 g/mol. The molecule has 4 nitrogen and oxygen atoms in total. The van der Waals surface area contributed by atoms with Crippen LogP contribution in [0, 0.1) is 0 Å². The molecule has 1 N–H and O–H groups in total. The number of aryl methyl sites for hydroxylation is 1. The zero-order valence-electron chi connectivity index (χ0n) is 15.0. The Labute approximate surface area is 158 Å². The first kappa shape index (κ1) is 17.3. The summed E-state index contributed by atoms with van der Waals surface area (Å²) in [6, 6.07) is 21.4. The molecule has 0 spiro atoms. The Hall–Kier alpha value is -3.14. The number of hydrogen-bond acceptors (Lipinski definition) is 3. The number of esters is 1. The van der Waals surface area contributed by atoms with Gasteiger partial charge in [-0.2, -0.15) is 0 Å². The summed E-state index contributed by atoms with van der Waals surface area (Å²) < 4.78 is 5.22. The molecular formula is C23H21NO3. The van der Waals surface area contributed by atoms with E-state index in [0.717, 1.165) is 35.6 Å². The van der Waals surface area contributed by atoms with Gasteiger partial charge in [-0.25, -0.2) is 4.79 Å². The van der Waals surface area contributed by atoms with E-state index in [9.17, 15) is 9.59 Å². The third-order valence-corrected chi connectivity index (χ3v) is 5.02. The molecule has 0 bridgehead atoms. The van der Waals surface area contributed by atoms with Crippen LogP contribution in [-0.2, 0) is 16.0 Å². The first-order chi connectivity index (χ1) is 13.2. The normalized spacial score (nSPS) is 15.8. The number of benzene rings is 3. The highest BCUT2D eigenvalue weighted by molar-refractivity contribution is 5.96. The van der Waals surface area contributed by atoms with Crippen molar-refractivity contribution < 1.29 is 14.3 Å². The summed E-state index contributed by atoms with van der Waals surface area (Å²) in [5.74, 6) is -0.759. The summed E-state index contributed by atoms with van der Waals surface area (Å²) in [4.78, 5) is 24.6. The largest absolute Gasteiger partial charge is 0.452 e. The van der Waals surface area contributed by atoms with Gasteiger partial charge in [0.1, 0.15) is 0 Å². The fourth-order valence-corrected chi connectivity index (χ4v) is 3.67. The molecule has 1 aliphatic carbocycles. The van der Waals surface area contributed by atoms with Crippen molar-refractivity contribution in [2.24, 2.45) is 0 Å². The lowest BCUT2D eigenvalue weighted by Gasteiger charge is -2.26. The van der Waals surface area contributed by atoms with Gasteiger partial charge in [-0.05, 0) is 53.3 Å². The summed E-state index contributed by atoms with van der Waals surface area (Å²) in [6.45, 7) is -0.273. The van der Waals surface area contributed by atoms with E-state index in [1.54, 1.807) is 12.1 Å². The lowest BCUT2D eigenvalue weighted by atomic mass is 9.88. The first-order valence-corrected chi connectivity index (χ1v) is 9.24. The van der Waals surface area contributed by atoms with Crippen LogP contribution in [0.3, 0.4) is 0 Å². The van der Waals surface area contributed by atoms with Crippen molar-refractivity contribution in [1.29, 1.82) is 0 Å². The van der Waals surface area contributed by atoms with Gasteiger partial charge >= 0.3 is 5.97 Å². The number of rotatable bonds is 4. The number of carbonyl (C=O) groups excluding carboxylic acids is 2. The number of fused-ring (bicyclic) bond motifs is 2. The maximum absolute atomic E-state index is 12.3. The van der Waals surface area contributed by atoms with Crippen LogP contribution in [0.2, 0.25) is 0 Å². The van der Waals surface area contributed by atoms with Crippen molar-refractivity contribution >= 4 is 22.6 Å². The summed E-state index contributed by atoms with van der Waals surface area (Å²) in [7, 11) is 0. The molecule has 1 atom stereocenters. The second kappa shape index (κ2) is 7.62. The van der Waals surface area contributed by atoms with Crippen LogP contribution in [0.15, 0.2) is 66.7 Å². The minimum absolute atomic E-state index is 0.0122. The van der Waals surface area contributed by atoms with E-state index in [0.29, 0.717) is 5.56 Å². The maximum atomic E-state index is 12.3. The molecular weight excluding hydrogens is 338 g/mol. The highest BCUT2D eigenvalue weighted by Gasteiger charge is 2.22. The molecule has 0 fully saturated rings. The van der Waals surface area contributed by atoms with Gasteiger partial charge < -0.3 is 10.1 Å². The Morgan fingerprint density at radius 3 is 2.63 bits per heavy atom. The third-order valence-electron chi connectivity index (χ3n) is 5.02. The molecule has 0 heterocycles. The van der Waals surface area contributed by atoms with Crippen LogP contribution in [0.25, 0.3) is 10.8 Å². The number of hydrogen-bond donors (Lipinski definition) is 1. The van der Waals surface area contributed by atoms with Gasteiger partial charge in [0.25, 0.3) is 5.91 Å². The van der Waals surface area contributed by atoms with Gasteiger partial charge in [0.05, 0.1) is 11.6 Å². The van der Waals surface area contributed by atoms with Crippen molar-refractivity contribution in [3.8, 4) is 0 Å². The number of amides is 1. The molecule has 0 saturated heterocycles. The van der Waals surface area contributed by atoms with Crippen LogP contribution in [0.1, 0.15) is 40.4 Å². The Kier molecular flexibility index (Phi) is 4.88. The van der Waals surface area contributed by atoms with Crippen LogP contribution in [0.5, 0.6) is 0 Å². The molecule has 3 aromatic rings. The van der Waals surface area contributed by atoms with Gasteiger partial charge in [-0.15, -0.1) is 0 Å². The van der Waals surface area contributed by atoms with Crippen LogP contribution in [-0.4, -0.2) is 18.5 Å².